The van der Waals surface area contributed by atoms with E-state index in [4.69, 9.17) is 0 Å². The van der Waals surface area contributed by atoms with E-state index in [1.807, 2.05) is 5.51 Å². The zero-order chi connectivity index (χ0) is 10.1. The van der Waals surface area contributed by atoms with E-state index in [1.54, 1.807) is 11.3 Å². The molecule has 1 aromatic rings. The maximum absolute atomic E-state index is 4.39. The largest absolute Gasteiger partial charge is 0.315 e. The summed E-state index contributed by atoms with van der Waals surface area (Å²) in [6, 6.07) is 1.55. The molecule has 1 aromatic heterocycles. The number of nitrogens with one attached hydrogen (secondary N) is 1. The highest BCUT2D eigenvalue weighted by molar-refractivity contribution is 7.07. The fourth-order valence-electron chi connectivity index (χ4n) is 2.84. The van der Waals surface area contributed by atoms with Crippen molar-refractivity contribution in [2.75, 3.05) is 13.1 Å². The molecule has 2 bridgehead atoms. The second kappa shape index (κ2) is 5.45. The van der Waals surface area contributed by atoms with Crippen molar-refractivity contribution in [2.45, 2.75) is 37.9 Å². The molecule has 90 valence electrons. The molecule has 1 N–H and O–H groups in total. The van der Waals surface area contributed by atoms with E-state index < -0.39 is 0 Å². The highest BCUT2D eigenvalue weighted by Crippen LogP contribution is 2.29. The van der Waals surface area contributed by atoms with Gasteiger partial charge in [-0.25, -0.2) is 4.98 Å². The van der Waals surface area contributed by atoms with Crippen molar-refractivity contribution in [2.24, 2.45) is 0 Å². The van der Waals surface area contributed by atoms with Crippen LogP contribution in [0.3, 0.4) is 0 Å². The van der Waals surface area contributed by atoms with Crippen LogP contribution < -0.4 is 5.32 Å². The lowest BCUT2D eigenvalue weighted by Gasteiger charge is -2.26. The molecule has 2 aliphatic heterocycles. The van der Waals surface area contributed by atoms with Crippen LogP contribution in [0, 0.1) is 0 Å². The van der Waals surface area contributed by atoms with Crippen LogP contribution in [0.4, 0.5) is 0 Å². The molecule has 0 amide bonds. The molecular formula is C11H18ClN3S. The first-order valence-corrected chi connectivity index (χ1v) is 6.71. The lowest BCUT2D eigenvalue weighted by atomic mass is 10.1. The second-order valence-electron chi connectivity index (χ2n) is 4.53. The van der Waals surface area contributed by atoms with E-state index in [-0.39, 0.29) is 12.4 Å². The molecule has 0 saturated carbocycles. The maximum atomic E-state index is 4.39. The molecule has 2 fully saturated rings. The van der Waals surface area contributed by atoms with E-state index in [2.05, 4.69) is 20.6 Å². The minimum absolute atomic E-state index is 0. The Kier molecular flexibility index (Phi) is 4.19. The molecule has 2 atom stereocenters. The van der Waals surface area contributed by atoms with Crippen molar-refractivity contribution in [1.29, 1.82) is 0 Å². The minimum Gasteiger partial charge on any atom is -0.315 e. The summed E-state index contributed by atoms with van der Waals surface area (Å²) >= 11 is 1.70. The quantitative estimate of drug-likeness (QED) is 0.879. The summed E-state index contributed by atoms with van der Waals surface area (Å²) in [4.78, 5) is 7.06. The van der Waals surface area contributed by atoms with Gasteiger partial charge in [0.15, 0.2) is 0 Å². The van der Waals surface area contributed by atoms with Crippen molar-refractivity contribution in [1.82, 2.24) is 15.2 Å². The topological polar surface area (TPSA) is 28.2 Å². The molecule has 2 saturated heterocycles. The summed E-state index contributed by atoms with van der Waals surface area (Å²) in [5.41, 5.74) is 3.19. The van der Waals surface area contributed by atoms with Crippen LogP contribution in [0.15, 0.2) is 10.9 Å². The van der Waals surface area contributed by atoms with Crippen molar-refractivity contribution in [3.8, 4) is 0 Å². The molecule has 0 spiro atoms. The third-order valence-corrected chi connectivity index (χ3v) is 4.27. The Morgan fingerprint density at radius 1 is 1.38 bits per heavy atom. The predicted molar refractivity (Wildman–Crippen MR) is 69.2 cm³/mol. The third kappa shape index (κ3) is 2.40. The third-order valence-electron chi connectivity index (χ3n) is 3.63. The van der Waals surface area contributed by atoms with Gasteiger partial charge in [0.1, 0.15) is 0 Å². The first kappa shape index (κ1) is 12.3. The molecule has 0 radical (unpaired) electrons. The Labute approximate surface area is 107 Å². The molecule has 5 heteroatoms. The van der Waals surface area contributed by atoms with Crippen LogP contribution in [0.25, 0.3) is 0 Å². The lowest BCUT2D eigenvalue weighted by molar-refractivity contribution is 0.191. The highest BCUT2D eigenvalue weighted by atomic mass is 35.5. The van der Waals surface area contributed by atoms with Crippen LogP contribution in [-0.2, 0) is 6.54 Å². The Bertz CT molecular complexity index is 303. The standard InChI is InChI=1S/C11H17N3S.ClH/c1-2-11-5-12-4-3-10(1)14(11)6-9-7-15-8-13-9;/h7-8,10-12H,1-6H2;1H. The van der Waals surface area contributed by atoms with E-state index in [0.717, 1.165) is 18.6 Å². The molecular weight excluding hydrogens is 242 g/mol. The summed E-state index contributed by atoms with van der Waals surface area (Å²) in [5.74, 6) is 0. The Hall–Kier alpha value is -0.160. The smallest absolute Gasteiger partial charge is 0.0795 e. The Morgan fingerprint density at radius 2 is 2.25 bits per heavy atom. The number of rotatable bonds is 2. The van der Waals surface area contributed by atoms with Crippen LogP contribution in [0.2, 0.25) is 0 Å². The number of hydrogen-bond acceptors (Lipinski definition) is 4. The number of aromatic nitrogens is 1. The van der Waals surface area contributed by atoms with Gasteiger partial charge in [0, 0.05) is 30.6 Å². The fourth-order valence-corrected chi connectivity index (χ4v) is 3.39. The Balaban J connectivity index is 0.000000963. The van der Waals surface area contributed by atoms with E-state index in [1.165, 1.54) is 38.0 Å². The number of nitrogens with zero attached hydrogens (tertiary/aromatic N) is 2. The number of fused-ring (bicyclic) bond motifs is 2. The van der Waals surface area contributed by atoms with E-state index in [9.17, 15) is 0 Å². The zero-order valence-corrected chi connectivity index (χ0v) is 10.9. The molecule has 2 unspecified atom stereocenters. The Morgan fingerprint density at radius 3 is 3.06 bits per heavy atom. The van der Waals surface area contributed by atoms with Crippen LogP contribution in [-0.4, -0.2) is 35.1 Å². The van der Waals surface area contributed by atoms with Crippen molar-refractivity contribution in [3.05, 3.63) is 16.6 Å². The van der Waals surface area contributed by atoms with Gasteiger partial charge < -0.3 is 5.32 Å². The van der Waals surface area contributed by atoms with Gasteiger partial charge in [-0.15, -0.1) is 23.7 Å². The fraction of sp³-hybridized carbons (Fsp3) is 0.727. The summed E-state index contributed by atoms with van der Waals surface area (Å²) in [5, 5.41) is 5.71. The number of hydrogen-bond donors (Lipinski definition) is 1. The highest BCUT2D eigenvalue weighted by Gasteiger charge is 2.34. The average molecular weight is 260 g/mol. The van der Waals surface area contributed by atoms with E-state index >= 15 is 0 Å². The molecule has 2 aliphatic rings. The minimum atomic E-state index is 0. The van der Waals surface area contributed by atoms with Gasteiger partial charge in [-0.3, -0.25) is 4.90 Å². The van der Waals surface area contributed by atoms with Gasteiger partial charge in [-0.05, 0) is 25.8 Å². The van der Waals surface area contributed by atoms with Gasteiger partial charge in [0.2, 0.25) is 0 Å². The van der Waals surface area contributed by atoms with Gasteiger partial charge in [-0.1, -0.05) is 0 Å². The van der Waals surface area contributed by atoms with Crippen molar-refractivity contribution in [3.63, 3.8) is 0 Å². The van der Waals surface area contributed by atoms with Gasteiger partial charge >= 0.3 is 0 Å². The first-order valence-electron chi connectivity index (χ1n) is 5.77. The molecule has 0 aromatic carbocycles. The summed E-state index contributed by atoms with van der Waals surface area (Å²) in [6.07, 6.45) is 4.05. The van der Waals surface area contributed by atoms with Crippen molar-refractivity contribution < 1.29 is 0 Å². The number of thiazole rings is 1. The summed E-state index contributed by atoms with van der Waals surface area (Å²) < 4.78 is 0. The van der Waals surface area contributed by atoms with Crippen LogP contribution >= 0.6 is 23.7 Å². The molecule has 3 heterocycles. The molecule has 0 aliphatic carbocycles. The average Bonchev–Trinajstić information content (AvgIpc) is 2.76. The van der Waals surface area contributed by atoms with Gasteiger partial charge in [0.25, 0.3) is 0 Å². The SMILES string of the molecule is Cl.c1nc(CN2C3CCNCC2CC3)cs1. The lowest BCUT2D eigenvalue weighted by Crippen LogP contribution is -2.37. The summed E-state index contributed by atoms with van der Waals surface area (Å²) in [6.45, 7) is 3.41. The molecule has 16 heavy (non-hydrogen) atoms. The number of halogens is 1. The maximum Gasteiger partial charge on any atom is 0.0795 e. The van der Waals surface area contributed by atoms with Crippen LogP contribution in [0.5, 0.6) is 0 Å². The monoisotopic (exact) mass is 259 g/mol. The second-order valence-corrected chi connectivity index (χ2v) is 5.25. The van der Waals surface area contributed by atoms with E-state index in [0.29, 0.717) is 0 Å². The summed E-state index contributed by atoms with van der Waals surface area (Å²) in [7, 11) is 0. The van der Waals surface area contributed by atoms with Crippen molar-refractivity contribution >= 4 is 23.7 Å². The van der Waals surface area contributed by atoms with Gasteiger partial charge in [-0.2, -0.15) is 0 Å². The normalized spacial score (nSPS) is 29.8. The zero-order valence-electron chi connectivity index (χ0n) is 9.26. The van der Waals surface area contributed by atoms with Gasteiger partial charge in [0.05, 0.1) is 11.2 Å². The first-order chi connectivity index (χ1) is 7.43. The molecule has 3 nitrogen and oxygen atoms in total. The predicted octanol–water partition coefficient (Wildman–Crippen LogP) is 1.89. The van der Waals surface area contributed by atoms with Crippen LogP contribution in [0.1, 0.15) is 25.0 Å². The molecule has 3 rings (SSSR count).